The van der Waals surface area contributed by atoms with E-state index in [9.17, 15) is 4.79 Å². The Balaban J connectivity index is 1.98. The van der Waals surface area contributed by atoms with Crippen molar-refractivity contribution in [3.63, 3.8) is 0 Å². The number of carbonyl (C=O) groups excluding carboxylic acids is 1. The molecule has 0 aliphatic carbocycles. The van der Waals surface area contributed by atoms with Gasteiger partial charge in [0.05, 0.1) is 6.61 Å². The van der Waals surface area contributed by atoms with Crippen LogP contribution in [0.2, 0.25) is 0 Å². The molecule has 6 heteroatoms. The fourth-order valence-electron chi connectivity index (χ4n) is 1.88. The molecule has 0 unspecified atom stereocenters. The van der Waals surface area contributed by atoms with E-state index >= 15 is 0 Å². The molecule has 0 aliphatic rings. The largest absolute Gasteiger partial charge is 0.494 e. The van der Waals surface area contributed by atoms with Crippen molar-refractivity contribution in [2.24, 2.45) is 0 Å². The molecule has 1 amide bonds. The molecule has 0 atom stereocenters. The first-order valence-corrected chi connectivity index (χ1v) is 7.77. The minimum absolute atomic E-state index is 0.205. The molecular formula is C17H19N3O2S. The Hall–Kier alpha value is -2.47. The lowest BCUT2D eigenvalue weighted by molar-refractivity contribution is 0.0977. The minimum atomic E-state index is -0.293. The number of benzene rings is 1. The summed E-state index contributed by atoms with van der Waals surface area (Å²) in [5.41, 5.74) is 1.43. The summed E-state index contributed by atoms with van der Waals surface area (Å²) in [5.74, 6) is 0.995. The van der Waals surface area contributed by atoms with Gasteiger partial charge in [0.1, 0.15) is 11.6 Å². The number of nitrogens with zero attached hydrogens (tertiary/aromatic N) is 1. The zero-order valence-electron chi connectivity index (χ0n) is 13.1. The van der Waals surface area contributed by atoms with Gasteiger partial charge in [-0.3, -0.25) is 10.1 Å². The first kappa shape index (κ1) is 16.9. The SMILES string of the molecule is CCCOc1cccc(C(=O)NC(=S)Nc2ncccc2C)c1. The Morgan fingerprint density at radius 3 is 2.87 bits per heavy atom. The van der Waals surface area contributed by atoms with Gasteiger partial charge in [-0.2, -0.15) is 0 Å². The van der Waals surface area contributed by atoms with Gasteiger partial charge >= 0.3 is 0 Å². The van der Waals surface area contributed by atoms with Gasteiger partial charge in [-0.25, -0.2) is 4.98 Å². The Labute approximate surface area is 141 Å². The number of aryl methyl sites for hydroxylation is 1. The van der Waals surface area contributed by atoms with Crippen molar-refractivity contribution in [1.82, 2.24) is 10.3 Å². The second-order valence-electron chi connectivity index (χ2n) is 4.95. The lowest BCUT2D eigenvalue weighted by Crippen LogP contribution is -2.34. The Kier molecular flexibility index (Phi) is 6.05. The average Bonchev–Trinajstić information content (AvgIpc) is 2.55. The van der Waals surface area contributed by atoms with Crippen LogP contribution in [0.15, 0.2) is 42.6 Å². The van der Waals surface area contributed by atoms with Crippen LogP contribution < -0.4 is 15.4 Å². The standard InChI is InChI=1S/C17H19N3O2S/c1-3-10-22-14-8-4-7-13(11-14)16(21)20-17(23)19-15-12(2)6-5-9-18-15/h4-9,11H,3,10H2,1-2H3,(H2,18,19,20,21,23). The van der Waals surface area contributed by atoms with Crippen molar-refractivity contribution < 1.29 is 9.53 Å². The summed E-state index contributed by atoms with van der Waals surface area (Å²) in [7, 11) is 0. The quantitative estimate of drug-likeness (QED) is 0.824. The highest BCUT2D eigenvalue weighted by Crippen LogP contribution is 2.14. The van der Waals surface area contributed by atoms with Crippen LogP contribution in [0.3, 0.4) is 0 Å². The van der Waals surface area contributed by atoms with E-state index in [1.807, 2.05) is 32.0 Å². The van der Waals surface area contributed by atoms with E-state index in [2.05, 4.69) is 15.6 Å². The van der Waals surface area contributed by atoms with Gasteiger partial charge < -0.3 is 10.1 Å². The zero-order chi connectivity index (χ0) is 16.7. The van der Waals surface area contributed by atoms with Gasteiger partial charge in [0.2, 0.25) is 0 Å². The summed E-state index contributed by atoms with van der Waals surface area (Å²) in [6, 6.07) is 10.8. The number of amides is 1. The summed E-state index contributed by atoms with van der Waals surface area (Å²) < 4.78 is 5.52. The summed E-state index contributed by atoms with van der Waals surface area (Å²) in [6.45, 7) is 4.55. The van der Waals surface area contributed by atoms with E-state index in [1.54, 1.807) is 24.4 Å². The Bertz CT molecular complexity index is 704. The molecule has 0 bridgehead atoms. The lowest BCUT2D eigenvalue weighted by atomic mass is 10.2. The van der Waals surface area contributed by atoms with Gasteiger partial charge in [0.15, 0.2) is 5.11 Å². The van der Waals surface area contributed by atoms with E-state index < -0.39 is 0 Å². The Morgan fingerprint density at radius 2 is 2.13 bits per heavy atom. The first-order valence-electron chi connectivity index (χ1n) is 7.37. The topological polar surface area (TPSA) is 63.2 Å². The number of aromatic nitrogens is 1. The number of hydrogen-bond acceptors (Lipinski definition) is 4. The van der Waals surface area contributed by atoms with Crippen LogP contribution in [0, 0.1) is 6.92 Å². The van der Waals surface area contributed by atoms with E-state index in [0.29, 0.717) is 23.7 Å². The van der Waals surface area contributed by atoms with Gasteiger partial charge in [0.25, 0.3) is 5.91 Å². The molecule has 2 aromatic rings. The molecule has 2 rings (SSSR count). The second-order valence-corrected chi connectivity index (χ2v) is 5.36. The maximum atomic E-state index is 12.2. The molecule has 0 radical (unpaired) electrons. The number of pyridine rings is 1. The van der Waals surface area contributed by atoms with Gasteiger partial charge in [-0.15, -0.1) is 0 Å². The summed E-state index contributed by atoms with van der Waals surface area (Å²) >= 11 is 5.16. The van der Waals surface area contributed by atoms with Gasteiger partial charge in [0, 0.05) is 11.8 Å². The molecular weight excluding hydrogens is 310 g/mol. The van der Waals surface area contributed by atoms with Gasteiger partial charge in [-0.05, 0) is 55.4 Å². The molecule has 5 nitrogen and oxygen atoms in total. The van der Waals surface area contributed by atoms with Crippen molar-refractivity contribution in [2.75, 3.05) is 11.9 Å². The maximum absolute atomic E-state index is 12.2. The van der Waals surface area contributed by atoms with E-state index in [4.69, 9.17) is 17.0 Å². The third kappa shape index (κ3) is 5.03. The fraction of sp³-hybridized carbons (Fsp3) is 0.235. The summed E-state index contributed by atoms with van der Waals surface area (Å²) in [4.78, 5) is 16.4. The highest BCUT2D eigenvalue weighted by atomic mass is 32.1. The molecule has 0 spiro atoms. The zero-order valence-corrected chi connectivity index (χ0v) is 13.9. The highest BCUT2D eigenvalue weighted by molar-refractivity contribution is 7.80. The molecule has 0 aliphatic heterocycles. The third-order valence-corrected chi connectivity index (χ3v) is 3.24. The number of ether oxygens (including phenoxy) is 1. The summed E-state index contributed by atoms with van der Waals surface area (Å²) in [6.07, 6.45) is 2.57. The molecule has 1 aromatic heterocycles. The molecule has 1 heterocycles. The number of carbonyl (C=O) groups is 1. The van der Waals surface area contributed by atoms with E-state index in [0.717, 1.165) is 12.0 Å². The number of nitrogens with one attached hydrogen (secondary N) is 2. The molecule has 1 aromatic carbocycles. The van der Waals surface area contributed by atoms with Crippen molar-refractivity contribution in [2.45, 2.75) is 20.3 Å². The molecule has 120 valence electrons. The molecule has 2 N–H and O–H groups in total. The smallest absolute Gasteiger partial charge is 0.257 e. The molecule has 0 fully saturated rings. The van der Waals surface area contributed by atoms with Crippen molar-refractivity contribution in [1.29, 1.82) is 0 Å². The number of rotatable bonds is 5. The fourth-order valence-corrected chi connectivity index (χ4v) is 2.07. The van der Waals surface area contributed by atoms with E-state index in [1.165, 1.54) is 0 Å². The van der Waals surface area contributed by atoms with Crippen LogP contribution in [-0.2, 0) is 0 Å². The second kappa shape index (κ2) is 8.24. The lowest BCUT2D eigenvalue weighted by Gasteiger charge is -2.11. The van der Waals surface area contributed by atoms with Gasteiger partial charge in [-0.1, -0.05) is 19.1 Å². The number of anilines is 1. The van der Waals surface area contributed by atoms with Crippen LogP contribution >= 0.6 is 12.2 Å². The highest BCUT2D eigenvalue weighted by Gasteiger charge is 2.10. The number of hydrogen-bond donors (Lipinski definition) is 2. The predicted octanol–water partition coefficient (Wildman–Crippen LogP) is 3.31. The third-order valence-electron chi connectivity index (χ3n) is 3.04. The first-order chi connectivity index (χ1) is 11.1. The van der Waals surface area contributed by atoms with Crippen LogP contribution in [0.5, 0.6) is 5.75 Å². The average molecular weight is 329 g/mol. The van der Waals surface area contributed by atoms with Crippen LogP contribution in [0.1, 0.15) is 29.3 Å². The number of thiocarbonyl (C=S) groups is 1. The van der Waals surface area contributed by atoms with Crippen molar-refractivity contribution in [3.8, 4) is 5.75 Å². The predicted molar refractivity (Wildman–Crippen MR) is 94.9 cm³/mol. The van der Waals surface area contributed by atoms with Crippen LogP contribution in [-0.4, -0.2) is 22.6 Å². The normalized spacial score (nSPS) is 10.0. The van der Waals surface area contributed by atoms with E-state index in [-0.39, 0.29) is 11.0 Å². The summed E-state index contributed by atoms with van der Waals surface area (Å²) in [5, 5.41) is 5.76. The Morgan fingerprint density at radius 1 is 1.30 bits per heavy atom. The monoisotopic (exact) mass is 329 g/mol. The molecule has 0 saturated heterocycles. The van der Waals surface area contributed by atoms with Crippen LogP contribution in [0.25, 0.3) is 0 Å². The van der Waals surface area contributed by atoms with Crippen LogP contribution in [0.4, 0.5) is 5.82 Å². The molecule has 23 heavy (non-hydrogen) atoms. The molecule has 0 saturated carbocycles. The minimum Gasteiger partial charge on any atom is -0.494 e. The van der Waals surface area contributed by atoms with Crippen molar-refractivity contribution in [3.05, 3.63) is 53.7 Å². The van der Waals surface area contributed by atoms with Crippen molar-refractivity contribution >= 4 is 29.1 Å². The maximum Gasteiger partial charge on any atom is 0.257 e.